The first-order chi connectivity index (χ1) is 7.56. The fourth-order valence-corrected chi connectivity index (χ4v) is 1.12. The third-order valence-electron chi connectivity index (χ3n) is 1.89. The largest absolute Gasteiger partial charge is 0.467 e. The zero-order chi connectivity index (χ0) is 12.1. The molecule has 0 aliphatic rings. The topological polar surface area (TPSA) is 94.4 Å². The average Bonchev–Trinajstić information content (AvgIpc) is 2.28. The van der Waals surface area contributed by atoms with Crippen LogP contribution in [0.2, 0.25) is 0 Å². The van der Waals surface area contributed by atoms with Crippen molar-refractivity contribution in [1.82, 2.24) is 4.98 Å². The molecule has 0 amide bonds. The maximum absolute atomic E-state index is 11.1. The van der Waals surface area contributed by atoms with Gasteiger partial charge in [0, 0.05) is 0 Å². The van der Waals surface area contributed by atoms with Crippen LogP contribution in [0.3, 0.4) is 0 Å². The molecule has 1 aromatic heterocycles. The molecule has 1 rings (SSSR count). The van der Waals surface area contributed by atoms with Crippen LogP contribution in [0.4, 0.5) is 11.5 Å². The molecule has 1 heterocycles. The summed E-state index contributed by atoms with van der Waals surface area (Å²) in [4.78, 5) is 24.7. The number of hydrogen-bond donors (Lipinski definition) is 1. The van der Waals surface area contributed by atoms with Crippen LogP contribution < -0.4 is 5.32 Å². The van der Waals surface area contributed by atoms with Gasteiger partial charge < -0.3 is 20.2 Å². The number of ether oxygens (including phenoxy) is 1. The van der Waals surface area contributed by atoms with Gasteiger partial charge in [-0.3, -0.25) is 0 Å². The lowest BCUT2D eigenvalue weighted by molar-refractivity contribution is -0.388. The summed E-state index contributed by atoms with van der Waals surface area (Å²) in [5.74, 6) is -0.823. The third-order valence-corrected chi connectivity index (χ3v) is 1.89. The molecule has 7 heteroatoms. The maximum atomic E-state index is 11.1. The molecule has 1 unspecified atom stereocenters. The molecule has 1 atom stereocenters. The number of nitrogens with zero attached hydrogens (tertiary/aromatic N) is 2. The van der Waals surface area contributed by atoms with E-state index in [1.807, 2.05) is 0 Å². The Morgan fingerprint density at radius 3 is 2.94 bits per heavy atom. The minimum Gasteiger partial charge on any atom is -0.467 e. The molecule has 1 aromatic rings. The van der Waals surface area contributed by atoms with E-state index in [1.165, 1.54) is 19.4 Å². The molecule has 7 nitrogen and oxygen atoms in total. The highest BCUT2D eigenvalue weighted by molar-refractivity contribution is 5.79. The third kappa shape index (κ3) is 2.66. The van der Waals surface area contributed by atoms with Crippen molar-refractivity contribution in [1.29, 1.82) is 0 Å². The number of carbonyl (C=O) groups excluding carboxylic acids is 1. The van der Waals surface area contributed by atoms with E-state index in [-0.39, 0.29) is 11.5 Å². The van der Waals surface area contributed by atoms with Crippen LogP contribution in [0, 0.1) is 10.1 Å². The Hall–Kier alpha value is -2.18. The van der Waals surface area contributed by atoms with Crippen LogP contribution >= 0.6 is 0 Å². The zero-order valence-electron chi connectivity index (χ0n) is 8.84. The van der Waals surface area contributed by atoms with Gasteiger partial charge in [-0.25, -0.2) is 4.79 Å². The van der Waals surface area contributed by atoms with E-state index in [0.717, 1.165) is 0 Å². The standard InChI is InChI=1S/C9H11N3O4/c1-6(9(13)16-2)11-7-4-3-5-10-8(7)12(14)15/h3-6,11H,1-2H3. The van der Waals surface area contributed by atoms with E-state index >= 15 is 0 Å². The van der Waals surface area contributed by atoms with Gasteiger partial charge in [-0.15, -0.1) is 0 Å². The number of nitro groups is 1. The van der Waals surface area contributed by atoms with Gasteiger partial charge in [-0.05, 0) is 29.0 Å². The molecule has 0 aliphatic carbocycles. The number of pyridine rings is 1. The Morgan fingerprint density at radius 1 is 1.69 bits per heavy atom. The smallest absolute Gasteiger partial charge is 0.386 e. The van der Waals surface area contributed by atoms with Gasteiger partial charge >= 0.3 is 11.8 Å². The minimum absolute atomic E-state index is 0.186. The molecule has 0 aromatic carbocycles. The van der Waals surface area contributed by atoms with Crippen LogP contribution in [-0.4, -0.2) is 29.0 Å². The lowest BCUT2D eigenvalue weighted by atomic mass is 10.3. The van der Waals surface area contributed by atoms with Crippen LogP contribution in [0.25, 0.3) is 0 Å². The Morgan fingerprint density at radius 2 is 2.38 bits per heavy atom. The van der Waals surface area contributed by atoms with E-state index in [1.54, 1.807) is 13.0 Å². The summed E-state index contributed by atoms with van der Waals surface area (Å²) in [6, 6.07) is 2.34. The molecule has 0 aliphatic heterocycles. The zero-order valence-corrected chi connectivity index (χ0v) is 8.84. The first-order valence-corrected chi connectivity index (χ1v) is 4.50. The highest BCUT2D eigenvalue weighted by atomic mass is 16.6. The number of nitrogens with one attached hydrogen (secondary N) is 1. The minimum atomic E-state index is -0.673. The monoisotopic (exact) mass is 225 g/mol. The number of anilines is 1. The molecular weight excluding hydrogens is 214 g/mol. The first-order valence-electron chi connectivity index (χ1n) is 4.50. The summed E-state index contributed by atoms with van der Waals surface area (Å²) in [5.41, 5.74) is 0.186. The summed E-state index contributed by atoms with van der Waals surface area (Å²) in [6.45, 7) is 1.54. The number of carbonyl (C=O) groups is 1. The SMILES string of the molecule is COC(=O)C(C)Nc1cccnc1[N+](=O)[O-]. The quantitative estimate of drug-likeness (QED) is 0.466. The number of methoxy groups -OCH3 is 1. The Labute approximate surface area is 91.6 Å². The van der Waals surface area contributed by atoms with Gasteiger partial charge in [0.2, 0.25) is 0 Å². The number of rotatable bonds is 4. The normalized spacial score (nSPS) is 11.6. The molecule has 16 heavy (non-hydrogen) atoms. The van der Waals surface area contributed by atoms with Gasteiger partial charge in [0.05, 0.1) is 7.11 Å². The second-order valence-corrected chi connectivity index (χ2v) is 3.02. The van der Waals surface area contributed by atoms with Crippen molar-refractivity contribution in [2.45, 2.75) is 13.0 Å². The number of esters is 1. The second-order valence-electron chi connectivity index (χ2n) is 3.02. The van der Waals surface area contributed by atoms with E-state index in [9.17, 15) is 14.9 Å². The summed E-state index contributed by atoms with van der Waals surface area (Å²) in [7, 11) is 1.25. The second kappa shape index (κ2) is 5.06. The molecule has 86 valence electrons. The van der Waals surface area contributed by atoms with Crippen LogP contribution in [0.15, 0.2) is 18.3 Å². The number of aromatic nitrogens is 1. The van der Waals surface area contributed by atoms with Gasteiger partial charge in [0.1, 0.15) is 17.9 Å². The van der Waals surface area contributed by atoms with Crippen molar-refractivity contribution in [2.24, 2.45) is 0 Å². The summed E-state index contributed by atoms with van der Waals surface area (Å²) in [5, 5.41) is 13.3. The molecular formula is C9H11N3O4. The summed E-state index contributed by atoms with van der Waals surface area (Å²) in [6.07, 6.45) is 1.31. The Balaban J connectivity index is 2.88. The van der Waals surface area contributed by atoms with Crippen molar-refractivity contribution in [2.75, 3.05) is 12.4 Å². The molecule has 0 saturated heterocycles. The van der Waals surface area contributed by atoms with Crippen molar-refractivity contribution < 1.29 is 14.5 Å². The molecule has 0 spiro atoms. The van der Waals surface area contributed by atoms with Gasteiger partial charge in [-0.1, -0.05) is 0 Å². The van der Waals surface area contributed by atoms with Crippen molar-refractivity contribution >= 4 is 17.5 Å². The lowest BCUT2D eigenvalue weighted by Crippen LogP contribution is -2.27. The van der Waals surface area contributed by atoms with Crippen molar-refractivity contribution in [3.05, 3.63) is 28.4 Å². The predicted molar refractivity (Wildman–Crippen MR) is 56.0 cm³/mol. The van der Waals surface area contributed by atoms with Crippen molar-refractivity contribution in [3.63, 3.8) is 0 Å². The molecule has 1 N–H and O–H groups in total. The highest BCUT2D eigenvalue weighted by Gasteiger charge is 2.19. The lowest BCUT2D eigenvalue weighted by Gasteiger charge is -2.12. The van der Waals surface area contributed by atoms with E-state index < -0.39 is 16.9 Å². The molecule has 0 bridgehead atoms. The van der Waals surface area contributed by atoms with Crippen LogP contribution in [-0.2, 0) is 9.53 Å². The Bertz CT molecular complexity index is 407. The summed E-state index contributed by atoms with van der Waals surface area (Å²) < 4.78 is 4.49. The van der Waals surface area contributed by atoms with Crippen molar-refractivity contribution in [3.8, 4) is 0 Å². The van der Waals surface area contributed by atoms with Crippen LogP contribution in [0.5, 0.6) is 0 Å². The van der Waals surface area contributed by atoms with Gasteiger partial charge in [-0.2, -0.15) is 0 Å². The molecule has 0 fully saturated rings. The highest BCUT2D eigenvalue weighted by Crippen LogP contribution is 2.20. The van der Waals surface area contributed by atoms with Crippen LogP contribution in [0.1, 0.15) is 6.92 Å². The van der Waals surface area contributed by atoms with E-state index in [4.69, 9.17) is 0 Å². The van der Waals surface area contributed by atoms with Gasteiger partial charge in [0.15, 0.2) is 0 Å². The fourth-order valence-electron chi connectivity index (χ4n) is 1.12. The fraction of sp³-hybridized carbons (Fsp3) is 0.333. The summed E-state index contributed by atoms with van der Waals surface area (Å²) >= 11 is 0. The molecule has 0 radical (unpaired) electrons. The Kier molecular flexibility index (Phi) is 3.76. The first kappa shape index (κ1) is 11.9. The molecule has 0 saturated carbocycles. The maximum Gasteiger partial charge on any atom is 0.386 e. The van der Waals surface area contributed by atoms with Gasteiger partial charge in [0.25, 0.3) is 0 Å². The van der Waals surface area contributed by atoms with E-state index in [2.05, 4.69) is 15.0 Å². The van der Waals surface area contributed by atoms with E-state index in [0.29, 0.717) is 0 Å². The average molecular weight is 225 g/mol. The predicted octanol–water partition coefficient (Wildman–Crippen LogP) is 0.963. The number of hydrogen-bond acceptors (Lipinski definition) is 6.